The maximum Gasteiger partial charge on any atom is 0.269 e. The summed E-state index contributed by atoms with van der Waals surface area (Å²) in [5.41, 5.74) is 3.45. The van der Waals surface area contributed by atoms with Gasteiger partial charge in [0.15, 0.2) is 11.5 Å². The van der Waals surface area contributed by atoms with Gasteiger partial charge in [-0.2, -0.15) is 5.26 Å². The van der Waals surface area contributed by atoms with E-state index in [0.717, 1.165) is 11.1 Å². The molecule has 3 rings (SSSR count). The monoisotopic (exact) mass is 505 g/mol. The van der Waals surface area contributed by atoms with Gasteiger partial charge in [-0.25, -0.2) is 0 Å². The number of carbonyl (C=O) groups is 1. The summed E-state index contributed by atoms with van der Waals surface area (Å²) in [4.78, 5) is 23.3. The Labute approximate surface area is 213 Å². The number of non-ortho nitro benzene ring substituents is 1. The minimum Gasteiger partial charge on any atom is -0.490 e. The first-order chi connectivity index (χ1) is 17.2. The van der Waals surface area contributed by atoms with E-state index in [0.29, 0.717) is 29.2 Å². The van der Waals surface area contributed by atoms with Crippen molar-refractivity contribution in [3.8, 4) is 17.6 Å². The molecule has 1 N–H and O–H groups in total. The van der Waals surface area contributed by atoms with E-state index in [1.54, 1.807) is 37.3 Å². The number of nitrogens with zero attached hydrogens (tertiary/aromatic N) is 2. The van der Waals surface area contributed by atoms with Crippen molar-refractivity contribution in [1.29, 1.82) is 5.26 Å². The summed E-state index contributed by atoms with van der Waals surface area (Å²) in [6.07, 6.45) is 1.42. The Kier molecular flexibility index (Phi) is 8.66. The van der Waals surface area contributed by atoms with Crippen molar-refractivity contribution < 1.29 is 19.2 Å². The number of rotatable bonds is 9. The first-order valence-electron chi connectivity index (χ1n) is 11.0. The molecular weight excluding hydrogens is 482 g/mol. The standard InChI is InChI=1S/C27H24ClN3O5/c1-4-35-25-14-20(11-21(15-29)27(32)30-24-10-5-7-17(2)18(24)3)13-23(28)26(25)36-16-19-8-6-9-22(12-19)31(33)34/h5-14H,4,16H2,1-3H3,(H,30,32)/b21-11+. The van der Waals surface area contributed by atoms with Gasteiger partial charge >= 0.3 is 0 Å². The molecular formula is C27H24ClN3O5. The van der Waals surface area contributed by atoms with Gasteiger partial charge in [0.2, 0.25) is 0 Å². The van der Waals surface area contributed by atoms with Gasteiger partial charge in [0, 0.05) is 17.8 Å². The molecule has 0 aromatic heterocycles. The highest BCUT2D eigenvalue weighted by Gasteiger charge is 2.16. The van der Waals surface area contributed by atoms with Crippen LogP contribution in [0.4, 0.5) is 11.4 Å². The van der Waals surface area contributed by atoms with Crippen LogP contribution >= 0.6 is 11.6 Å². The van der Waals surface area contributed by atoms with Gasteiger partial charge in [-0.15, -0.1) is 0 Å². The highest BCUT2D eigenvalue weighted by molar-refractivity contribution is 6.32. The molecule has 0 saturated carbocycles. The molecule has 0 radical (unpaired) electrons. The molecule has 0 aliphatic heterocycles. The third-order valence-corrected chi connectivity index (χ3v) is 5.65. The lowest BCUT2D eigenvalue weighted by Gasteiger charge is -2.15. The molecule has 3 aromatic carbocycles. The van der Waals surface area contributed by atoms with Crippen LogP contribution in [0.15, 0.2) is 60.2 Å². The lowest BCUT2D eigenvalue weighted by molar-refractivity contribution is -0.384. The van der Waals surface area contributed by atoms with Gasteiger partial charge in [-0.1, -0.05) is 35.9 Å². The van der Waals surface area contributed by atoms with E-state index >= 15 is 0 Å². The van der Waals surface area contributed by atoms with E-state index in [1.165, 1.54) is 18.2 Å². The van der Waals surface area contributed by atoms with Gasteiger partial charge in [-0.3, -0.25) is 14.9 Å². The molecule has 0 saturated heterocycles. The summed E-state index contributed by atoms with van der Waals surface area (Å²) in [5.74, 6) is 0.0145. The fourth-order valence-corrected chi connectivity index (χ4v) is 3.65. The van der Waals surface area contributed by atoms with Gasteiger partial charge in [0.1, 0.15) is 18.2 Å². The van der Waals surface area contributed by atoms with Crippen molar-refractivity contribution in [1.82, 2.24) is 0 Å². The van der Waals surface area contributed by atoms with Crippen LogP contribution in [0.5, 0.6) is 11.5 Å². The molecule has 8 nitrogen and oxygen atoms in total. The molecule has 36 heavy (non-hydrogen) atoms. The minimum absolute atomic E-state index is 0.0261. The van der Waals surface area contributed by atoms with Crippen LogP contribution in [0.1, 0.15) is 29.2 Å². The van der Waals surface area contributed by atoms with Crippen molar-refractivity contribution in [3.63, 3.8) is 0 Å². The first-order valence-corrected chi connectivity index (χ1v) is 11.4. The van der Waals surface area contributed by atoms with Gasteiger partial charge < -0.3 is 14.8 Å². The topological polar surface area (TPSA) is 114 Å². The number of nitriles is 1. The summed E-state index contributed by atoms with van der Waals surface area (Å²) < 4.78 is 11.5. The Morgan fingerprint density at radius 2 is 1.92 bits per heavy atom. The number of anilines is 1. The van der Waals surface area contributed by atoms with E-state index in [2.05, 4.69) is 5.32 Å². The molecule has 0 aliphatic carbocycles. The van der Waals surface area contributed by atoms with Gasteiger partial charge in [-0.05, 0) is 67.3 Å². The molecule has 0 unspecified atom stereocenters. The molecule has 0 bridgehead atoms. The van der Waals surface area contributed by atoms with Crippen LogP contribution in [-0.2, 0) is 11.4 Å². The zero-order chi connectivity index (χ0) is 26.2. The number of carbonyl (C=O) groups excluding carboxylic acids is 1. The zero-order valence-corrected chi connectivity index (χ0v) is 20.8. The number of hydrogen-bond donors (Lipinski definition) is 1. The summed E-state index contributed by atoms with van der Waals surface area (Å²) >= 11 is 6.47. The van der Waals surface area contributed by atoms with Crippen molar-refractivity contribution >= 4 is 35.0 Å². The van der Waals surface area contributed by atoms with E-state index in [4.69, 9.17) is 21.1 Å². The van der Waals surface area contributed by atoms with Gasteiger partial charge in [0.25, 0.3) is 11.6 Å². The molecule has 0 atom stereocenters. The van der Waals surface area contributed by atoms with E-state index < -0.39 is 10.8 Å². The first kappa shape index (κ1) is 26.3. The fraction of sp³-hybridized carbons (Fsp3) is 0.185. The number of nitro benzene ring substituents is 1. The van der Waals surface area contributed by atoms with Crippen LogP contribution in [0.3, 0.4) is 0 Å². The number of ether oxygens (including phenoxy) is 2. The number of benzene rings is 3. The lowest BCUT2D eigenvalue weighted by Crippen LogP contribution is -2.14. The van der Waals surface area contributed by atoms with Crippen LogP contribution < -0.4 is 14.8 Å². The highest BCUT2D eigenvalue weighted by Crippen LogP contribution is 2.38. The van der Waals surface area contributed by atoms with Gasteiger partial charge in [0.05, 0.1) is 16.6 Å². The van der Waals surface area contributed by atoms with Crippen molar-refractivity contribution in [3.05, 3.63) is 97.6 Å². The van der Waals surface area contributed by atoms with E-state index in [1.807, 2.05) is 32.0 Å². The van der Waals surface area contributed by atoms with Crippen molar-refractivity contribution in [2.24, 2.45) is 0 Å². The third-order valence-electron chi connectivity index (χ3n) is 5.37. The molecule has 3 aromatic rings. The molecule has 0 spiro atoms. The second-order valence-electron chi connectivity index (χ2n) is 7.85. The van der Waals surface area contributed by atoms with E-state index in [-0.39, 0.29) is 28.6 Å². The quantitative estimate of drug-likeness (QED) is 0.156. The number of amides is 1. The molecule has 9 heteroatoms. The number of hydrogen-bond acceptors (Lipinski definition) is 6. The summed E-state index contributed by atoms with van der Waals surface area (Å²) in [7, 11) is 0. The summed E-state index contributed by atoms with van der Waals surface area (Å²) in [5, 5.41) is 23.6. The van der Waals surface area contributed by atoms with Crippen LogP contribution in [-0.4, -0.2) is 17.4 Å². The van der Waals surface area contributed by atoms with Crippen LogP contribution in [0, 0.1) is 35.3 Å². The Bertz CT molecular complexity index is 1380. The summed E-state index contributed by atoms with van der Waals surface area (Å²) in [6, 6.07) is 16.7. The SMILES string of the molecule is CCOc1cc(/C=C(\C#N)C(=O)Nc2cccc(C)c2C)cc(Cl)c1OCc1cccc([N+](=O)[O-])c1. The number of nitro groups is 1. The lowest BCUT2D eigenvalue weighted by atomic mass is 10.1. The fourth-order valence-electron chi connectivity index (χ4n) is 3.38. The van der Waals surface area contributed by atoms with Crippen molar-refractivity contribution in [2.45, 2.75) is 27.4 Å². The molecule has 0 aliphatic rings. The Balaban J connectivity index is 1.86. The molecule has 0 fully saturated rings. The highest BCUT2D eigenvalue weighted by atomic mass is 35.5. The summed E-state index contributed by atoms with van der Waals surface area (Å²) in [6.45, 7) is 5.96. The normalized spacial score (nSPS) is 10.9. The van der Waals surface area contributed by atoms with E-state index in [9.17, 15) is 20.2 Å². The predicted molar refractivity (Wildman–Crippen MR) is 138 cm³/mol. The minimum atomic E-state index is -0.550. The molecule has 0 heterocycles. The zero-order valence-electron chi connectivity index (χ0n) is 20.0. The maximum absolute atomic E-state index is 12.8. The average molecular weight is 506 g/mol. The third kappa shape index (κ3) is 6.40. The second-order valence-corrected chi connectivity index (χ2v) is 8.26. The number of nitrogens with one attached hydrogen (secondary N) is 1. The smallest absolute Gasteiger partial charge is 0.269 e. The number of halogens is 1. The van der Waals surface area contributed by atoms with Crippen molar-refractivity contribution in [2.75, 3.05) is 11.9 Å². The molecule has 1 amide bonds. The maximum atomic E-state index is 12.8. The number of aryl methyl sites for hydroxylation is 1. The molecule has 184 valence electrons. The average Bonchev–Trinajstić information content (AvgIpc) is 2.85. The predicted octanol–water partition coefficient (Wildman–Crippen LogP) is 6.39. The van der Waals surface area contributed by atoms with Crippen LogP contribution in [0.25, 0.3) is 6.08 Å². The Morgan fingerprint density at radius 3 is 2.61 bits per heavy atom. The Morgan fingerprint density at radius 1 is 1.17 bits per heavy atom. The Hall–Kier alpha value is -4.35. The largest absolute Gasteiger partial charge is 0.490 e. The van der Waals surface area contributed by atoms with Crippen LogP contribution in [0.2, 0.25) is 5.02 Å². The second kappa shape index (κ2) is 11.9.